The lowest BCUT2D eigenvalue weighted by Gasteiger charge is -2.31. The third kappa shape index (κ3) is 8.37. The number of aromatic nitrogens is 1. The van der Waals surface area contributed by atoms with Crippen LogP contribution in [0, 0.1) is 0 Å². The number of likely N-dealkylation sites (tertiary alicyclic amines) is 2. The van der Waals surface area contributed by atoms with Gasteiger partial charge in [0.2, 0.25) is 11.8 Å². The molecule has 2 amide bonds. The van der Waals surface area contributed by atoms with Gasteiger partial charge >= 0.3 is 0 Å². The van der Waals surface area contributed by atoms with E-state index in [1.165, 1.54) is 57.8 Å². The second-order valence-electron chi connectivity index (χ2n) is 10.2. The number of carbonyl (C=O) groups is 2. The lowest BCUT2D eigenvalue weighted by molar-refractivity contribution is -0.142. The van der Waals surface area contributed by atoms with Crippen LogP contribution in [0.15, 0.2) is 24.5 Å². The Morgan fingerprint density at radius 3 is 2.32 bits per heavy atom. The highest BCUT2D eigenvalue weighted by Crippen LogP contribution is 2.26. The van der Waals surface area contributed by atoms with Crippen LogP contribution in [0.1, 0.15) is 102 Å². The first-order valence-corrected chi connectivity index (χ1v) is 13.9. The van der Waals surface area contributed by atoms with Gasteiger partial charge in [-0.3, -0.25) is 19.5 Å². The van der Waals surface area contributed by atoms with E-state index in [0.29, 0.717) is 6.54 Å². The molecule has 3 heterocycles. The Hall–Kier alpha value is -1.95. The molecule has 0 radical (unpaired) electrons. The van der Waals surface area contributed by atoms with Crippen molar-refractivity contribution in [2.75, 3.05) is 19.6 Å². The molecule has 2 saturated heterocycles. The highest BCUT2D eigenvalue weighted by atomic mass is 16.2. The molecule has 34 heavy (non-hydrogen) atoms. The second-order valence-corrected chi connectivity index (χ2v) is 10.2. The summed E-state index contributed by atoms with van der Waals surface area (Å²) in [6.45, 7) is 5.36. The van der Waals surface area contributed by atoms with Gasteiger partial charge in [0.1, 0.15) is 6.04 Å². The van der Waals surface area contributed by atoms with Crippen LogP contribution < -0.4 is 5.32 Å². The zero-order chi connectivity index (χ0) is 24.0. The minimum Gasteiger partial charge on any atom is -0.354 e. The first-order valence-electron chi connectivity index (χ1n) is 13.9. The maximum Gasteiger partial charge on any atom is 0.242 e. The highest BCUT2D eigenvalue weighted by Gasteiger charge is 2.40. The third-order valence-corrected chi connectivity index (χ3v) is 7.43. The molecule has 1 aromatic heterocycles. The van der Waals surface area contributed by atoms with Gasteiger partial charge in [-0.05, 0) is 50.3 Å². The Labute approximate surface area is 206 Å². The molecule has 0 aromatic carbocycles. The van der Waals surface area contributed by atoms with Gasteiger partial charge in [0.25, 0.3) is 0 Å². The summed E-state index contributed by atoms with van der Waals surface area (Å²) in [5, 5.41) is 3.12. The number of carbonyl (C=O) groups excluding carboxylic acids is 2. The summed E-state index contributed by atoms with van der Waals surface area (Å²) in [4.78, 5) is 34.6. The Kier molecular flexibility index (Phi) is 11.9. The fourth-order valence-electron chi connectivity index (χ4n) is 5.46. The van der Waals surface area contributed by atoms with Crippen LogP contribution in [0.4, 0.5) is 0 Å². The molecular weight excluding hydrogens is 424 g/mol. The van der Waals surface area contributed by atoms with Gasteiger partial charge in [-0.25, -0.2) is 0 Å². The molecule has 2 fully saturated rings. The van der Waals surface area contributed by atoms with E-state index in [1.54, 1.807) is 6.20 Å². The van der Waals surface area contributed by atoms with Gasteiger partial charge in [0.15, 0.2) is 0 Å². The average molecular weight is 471 g/mol. The largest absolute Gasteiger partial charge is 0.354 e. The molecular formula is C28H46N4O2. The average Bonchev–Trinajstić information content (AvgIpc) is 3.53. The molecule has 6 heteroatoms. The quantitative estimate of drug-likeness (QED) is 0.363. The van der Waals surface area contributed by atoms with E-state index in [1.807, 2.05) is 17.2 Å². The number of nitrogens with zero attached hydrogens (tertiary/aromatic N) is 3. The summed E-state index contributed by atoms with van der Waals surface area (Å²) in [5.41, 5.74) is 1.13. The summed E-state index contributed by atoms with van der Waals surface area (Å²) in [6, 6.07) is 3.59. The topological polar surface area (TPSA) is 65.5 Å². The van der Waals surface area contributed by atoms with Crippen LogP contribution in [0.3, 0.4) is 0 Å². The van der Waals surface area contributed by atoms with Crippen LogP contribution in [-0.2, 0) is 16.1 Å². The van der Waals surface area contributed by atoms with Crippen molar-refractivity contribution in [2.45, 2.75) is 115 Å². The molecule has 2 atom stereocenters. The van der Waals surface area contributed by atoms with Crippen molar-refractivity contribution in [1.29, 1.82) is 0 Å². The molecule has 0 bridgehead atoms. The Morgan fingerprint density at radius 2 is 1.62 bits per heavy atom. The van der Waals surface area contributed by atoms with Gasteiger partial charge in [-0.15, -0.1) is 0 Å². The van der Waals surface area contributed by atoms with Crippen LogP contribution in [0.25, 0.3) is 0 Å². The van der Waals surface area contributed by atoms with E-state index in [4.69, 9.17) is 0 Å². The summed E-state index contributed by atoms with van der Waals surface area (Å²) in [5.74, 6) is 0.177. The van der Waals surface area contributed by atoms with E-state index < -0.39 is 0 Å². The molecule has 0 spiro atoms. The van der Waals surface area contributed by atoms with Gasteiger partial charge in [0.05, 0.1) is 6.04 Å². The number of unbranched alkanes of at least 4 members (excludes halogenated alkanes) is 9. The highest BCUT2D eigenvalue weighted by molar-refractivity contribution is 5.90. The molecule has 3 rings (SSSR count). The Bertz CT molecular complexity index is 726. The van der Waals surface area contributed by atoms with Crippen molar-refractivity contribution in [3.8, 4) is 0 Å². The first-order chi connectivity index (χ1) is 16.7. The zero-order valence-electron chi connectivity index (χ0n) is 21.4. The first kappa shape index (κ1) is 26.7. The molecule has 0 saturated carbocycles. The number of rotatable bonds is 15. The lowest BCUT2D eigenvalue weighted by Crippen LogP contribution is -2.51. The fourth-order valence-corrected chi connectivity index (χ4v) is 5.46. The normalized spacial score (nSPS) is 20.7. The predicted molar refractivity (Wildman–Crippen MR) is 137 cm³/mol. The van der Waals surface area contributed by atoms with Crippen molar-refractivity contribution < 1.29 is 9.59 Å². The van der Waals surface area contributed by atoms with Crippen LogP contribution in [-0.4, -0.2) is 58.3 Å². The second kappa shape index (κ2) is 15.1. The Balaban J connectivity index is 1.34. The van der Waals surface area contributed by atoms with Crippen LogP contribution in [0.2, 0.25) is 0 Å². The predicted octanol–water partition coefficient (Wildman–Crippen LogP) is 5.07. The van der Waals surface area contributed by atoms with Crippen molar-refractivity contribution in [1.82, 2.24) is 20.1 Å². The monoisotopic (exact) mass is 470 g/mol. The van der Waals surface area contributed by atoms with Crippen LogP contribution in [0.5, 0.6) is 0 Å². The number of hydrogen-bond donors (Lipinski definition) is 1. The van der Waals surface area contributed by atoms with E-state index in [0.717, 1.165) is 57.3 Å². The number of pyridine rings is 1. The van der Waals surface area contributed by atoms with Crippen molar-refractivity contribution in [3.63, 3.8) is 0 Å². The van der Waals surface area contributed by atoms with Crippen molar-refractivity contribution in [3.05, 3.63) is 30.1 Å². The lowest BCUT2D eigenvalue weighted by atomic mass is 10.1. The van der Waals surface area contributed by atoms with Gasteiger partial charge in [-0.1, -0.05) is 70.8 Å². The van der Waals surface area contributed by atoms with E-state index in [-0.39, 0.29) is 23.9 Å². The molecule has 1 N–H and O–H groups in total. The molecule has 190 valence electrons. The molecule has 6 nitrogen and oxygen atoms in total. The van der Waals surface area contributed by atoms with E-state index in [9.17, 15) is 9.59 Å². The zero-order valence-corrected chi connectivity index (χ0v) is 21.4. The van der Waals surface area contributed by atoms with Gasteiger partial charge in [0, 0.05) is 32.0 Å². The maximum absolute atomic E-state index is 13.4. The number of nitrogens with one attached hydrogen (secondary N) is 1. The van der Waals surface area contributed by atoms with E-state index >= 15 is 0 Å². The maximum atomic E-state index is 13.4. The number of hydrogen-bond acceptors (Lipinski definition) is 4. The fraction of sp³-hybridized carbons (Fsp3) is 0.750. The summed E-state index contributed by atoms with van der Waals surface area (Å²) < 4.78 is 0. The molecule has 0 unspecified atom stereocenters. The van der Waals surface area contributed by atoms with Gasteiger partial charge < -0.3 is 10.2 Å². The number of amides is 2. The summed E-state index contributed by atoms with van der Waals surface area (Å²) >= 11 is 0. The minimum atomic E-state index is -0.295. The molecule has 1 aromatic rings. The summed E-state index contributed by atoms with van der Waals surface area (Å²) in [6.07, 6.45) is 20.2. The minimum absolute atomic E-state index is 0.0404. The third-order valence-electron chi connectivity index (χ3n) is 7.43. The molecule has 2 aliphatic rings. The SMILES string of the molecule is CCCCCCCCCCCCNC(=O)[C@@H]1CCCN1C(=O)[C@@H]1CCCN1Cc1cccnc1. The molecule has 2 aliphatic heterocycles. The van der Waals surface area contributed by atoms with Crippen molar-refractivity contribution >= 4 is 11.8 Å². The smallest absolute Gasteiger partial charge is 0.242 e. The molecule has 0 aliphatic carbocycles. The van der Waals surface area contributed by atoms with E-state index in [2.05, 4.69) is 28.2 Å². The Morgan fingerprint density at radius 1 is 0.941 bits per heavy atom. The van der Waals surface area contributed by atoms with Crippen molar-refractivity contribution in [2.24, 2.45) is 0 Å². The van der Waals surface area contributed by atoms with Crippen LogP contribution >= 0.6 is 0 Å². The van der Waals surface area contributed by atoms with Gasteiger partial charge in [-0.2, -0.15) is 0 Å². The summed E-state index contributed by atoms with van der Waals surface area (Å²) in [7, 11) is 0. The standard InChI is InChI=1S/C28H46N4O2/c1-2-3-4-5-6-7-8-9-10-11-19-30-27(33)25-16-14-21-32(25)28(34)26-17-13-20-31(26)23-24-15-12-18-29-22-24/h12,15,18,22,25-26H,2-11,13-14,16-17,19-21,23H2,1H3,(H,30,33)/t25-,26-/m0/s1.